The summed E-state index contributed by atoms with van der Waals surface area (Å²) in [6, 6.07) is 5.95. The number of hydrogen-bond acceptors (Lipinski definition) is 2. The molecule has 1 aliphatic heterocycles. The van der Waals surface area contributed by atoms with Crippen molar-refractivity contribution in [1.82, 2.24) is 0 Å². The topological polar surface area (TPSA) is 21.8 Å². The first kappa shape index (κ1) is 8.08. The van der Waals surface area contributed by atoms with Gasteiger partial charge >= 0.3 is 0 Å². The van der Waals surface area contributed by atoms with E-state index >= 15 is 0 Å². The van der Waals surface area contributed by atoms with Gasteiger partial charge in [-0.15, -0.1) is 0 Å². The zero-order valence-electron chi connectivity index (χ0n) is 6.71. The second-order valence-corrected chi connectivity index (χ2v) is 3.62. The van der Waals surface area contributed by atoms with Crippen LogP contribution < -0.4 is 4.74 Å². The van der Waals surface area contributed by atoms with Crippen LogP contribution in [0.5, 0.6) is 5.75 Å². The fourth-order valence-corrected chi connectivity index (χ4v) is 1.56. The summed E-state index contributed by atoms with van der Waals surface area (Å²) in [6.07, 6.45) is 0.248. The van der Waals surface area contributed by atoms with Crippen molar-refractivity contribution in [3.8, 4) is 5.75 Å². The molecule has 2 nitrogen and oxygen atoms in total. The van der Waals surface area contributed by atoms with Crippen LogP contribution in [0.2, 0.25) is 0 Å². The molecule has 1 atom stereocenters. The van der Waals surface area contributed by atoms with Gasteiger partial charge < -0.3 is 9.47 Å². The Labute approximate surface area is 79.6 Å². The molecule has 1 heterocycles. The monoisotopic (exact) mass is 228 g/mol. The summed E-state index contributed by atoms with van der Waals surface area (Å²) in [7, 11) is 1.68. The maximum absolute atomic E-state index is 5.20. The Morgan fingerprint density at radius 1 is 1.58 bits per heavy atom. The molecule has 1 saturated heterocycles. The third-order valence-corrected chi connectivity index (χ3v) is 2.37. The number of methoxy groups -OCH3 is 1. The minimum absolute atomic E-state index is 0.248. The van der Waals surface area contributed by atoms with Crippen molar-refractivity contribution in [3.05, 3.63) is 28.2 Å². The van der Waals surface area contributed by atoms with E-state index in [-0.39, 0.29) is 6.10 Å². The molecule has 0 unspecified atom stereocenters. The molecule has 0 aliphatic carbocycles. The van der Waals surface area contributed by atoms with Crippen LogP contribution in [-0.4, -0.2) is 13.7 Å². The highest BCUT2D eigenvalue weighted by molar-refractivity contribution is 9.10. The van der Waals surface area contributed by atoms with Crippen LogP contribution in [0.4, 0.5) is 0 Å². The van der Waals surface area contributed by atoms with Crippen LogP contribution in [0, 0.1) is 0 Å². The largest absolute Gasteiger partial charge is 0.496 e. The number of ether oxygens (including phenoxy) is 2. The van der Waals surface area contributed by atoms with E-state index in [9.17, 15) is 0 Å². The Morgan fingerprint density at radius 3 is 2.92 bits per heavy atom. The average Bonchev–Trinajstić information content (AvgIpc) is 2.87. The molecule has 64 valence electrons. The quantitative estimate of drug-likeness (QED) is 0.727. The molecule has 0 aromatic heterocycles. The lowest BCUT2D eigenvalue weighted by atomic mass is 10.1. The Kier molecular flexibility index (Phi) is 2.07. The summed E-state index contributed by atoms with van der Waals surface area (Å²) in [5, 5.41) is 0. The molecule has 0 radical (unpaired) electrons. The minimum atomic E-state index is 0.248. The maximum Gasteiger partial charge on any atom is 0.124 e. The van der Waals surface area contributed by atoms with E-state index in [1.54, 1.807) is 7.11 Å². The molecule has 0 spiro atoms. The Morgan fingerprint density at radius 2 is 2.33 bits per heavy atom. The summed E-state index contributed by atoms with van der Waals surface area (Å²) in [4.78, 5) is 0. The molecule has 1 aromatic rings. The van der Waals surface area contributed by atoms with Crippen LogP contribution in [0.25, 0.3) is 0 Å². The van der Waals surface area contributed by atoms with Crippen LogP contribution in [0.15, 0.2) is 22.7 Å². The second kappa shape index (κ2) is 3.07. The van der Waals surface area contributed by atoms with Gasteiger partial charge in [-0.1, -0.05) is 15.9 Å². The lowest BCUT2D eigenvalue weighted by Crippen LogP contribution is -1.90. The minimum Gasteiger partial charge on any atom is -0.496 e. The second-order valence-electron chi connectivity index (χ2n) is 2.71. The van der Waals surface area contributed by atoms with Crippen molar-refractivity contribution in [2.75, 3.05) is 13.7 Å². The van der Waals surface area contributed by atoms with E-state index in [0.29, 0.717) is 0 Å². The zero-order chi connectivity index (χ0) is 8.55. The number of epoxide rings is 1. The number of benzene rings is 1. The molecule has 1 fully saturated rings. The summed E-state index contributed by atoms with van der Waals surface area (Å²) >= 11 is 3.41. The van der Waals surface area contributed by atoms with Gasteiger partial charge in [0.2, 0.25) is 0 Å². The molecule has 2 rings (SSSR count). The van der Waals surface area contributed by atoms with Crippen LogP contribution in [0.3, 0.4) is 0 Å². The van der Waals surface area contributed by atoms with Crippen molar-refractivity contribution in [2.45, 2.75) is 6.10 Å². The van der Waals surface area contributed by atoms with E-state index < -0.39 is 0 Å². The first-order valence-electron chi connectivity index (χ1n) is 3.76. The van der Waals surface area contributed by atoms with Gasteiger partial charge in [0.15, 0.2) is 0 Å². The molecule has 0 saturated carbocycles. The lowest BCUT2D eigenvalue weighted by molar-refractivity contribution is 0.383. The van der Waals surface area contributed by atoms with Gasteiger partial charge in [0.05, 0.1) is 13.7 Å². The van der Waals surface area contributed by atoms with Crippen LogP contribution in [0.1, 0.15) is 11.7 Å². The normalized spacial score (nSPS) is 20.7. The molecular weight excluding hydrogens is 220 g/mol. The van der Waals surface area contributed by atoms with E-state index in [0.717, 1.165) is 22.4 Å². The third kappa shape index (κ3) is 1.47. The fourth-order valence-electron chi connectivity index (χ4n) is 1.18. The van der Waals surface area contributed by atoms with Gasteiger partial charge in [0, 0.05) is 10.0 Å². The summed E-state index contributed by atoms with van der Waals surface area (Å²) < 4.78 is 11.5. The highest BCUT2D eigenvalue weighted by atomic mass is 79.9. The summed E-state index contributed by atoms with van der Waals surface area (Å²) in [5.74, 6) is 0.903. The Bertz CT molecular complexity index is 295. The standard InChI is InChI=1S/C9H9BrO2/c1-11-8-3-2-6(10)4-7(8)9-5-12-9/h2-4,9H,5H2,1H3/t9-/m0/s1. The van der Waals surface area contributed by atoms with Crippen molar-refractivity contribution in [3.63, 3.8) is 0 Å². The predicted octanol–water partition coefficient (Wildman–Crippen LogP) is 2.53. The average molecular weight is 229 g/mol. The molecule has 3 heteroatoms. The van der Waals surface area contributed by atoms with Gasteiger partial charge in [0.1, 0.15) is 11.9 Å². The van der Waals surface area contributed by atoms with E-state index in [1.807, 2.05) is 18.2 Å². The molecule has 12 heavy (non-hydrogen) atoms. The van der Waals surface area contributed by atoms with Crippen molar-refractivity contribution >= 4 is 15.9 Å². The van der Waals surface area contributed by atoms with Crippen LogP contribution >= 0.6 is 15.9 Å². The highest BCUT2D eigenvalue weighted by Gasteiger charge is 2.27. The van der Waals surface area contributed by atoms with Crippen molar-refractivity contribution in [2.24, 2.45) is 0 Å². The molecule has 0 amide bonds. The third-order valence-electron chi connectivity index (χ3n) is 1.87. The molecule has 1 aromatic carbocycles. The van der Waals surface area contributed by atoms with Gasteiger partial charge in [-0.2, -0.15) is 0 Å². The first-order valence-corrected chi connectivity index (χ1v) is 4.55. The summed E-state index contributed by atoms with van der Waals surface area (Å²) in [5.41, 5.74) is 1.13. The molecular formula is C9H9BrO2. The van der Waals surface area contributed by atoms with Gasteiger partial charge in [-0.25, -0.2) is 0 Å². The lowest BCUT2D eigenvalue weighted by Gasteiger charge is -2.05. The van der Waals surface area contributed by atoms with Crippen molar-refractivity contribution < 1.29 is 9.47 Å². The van der Waals surface area contributed by atoms with Crippen LogP contribution in [-0.2, 0) is 4.74 Å². The molecule has 0 bridgehead atoms. The number of hydrogen-bond donors (Lipinski definition) is 0. The first-order chi connectivity index (χ1) is 5.81. The maximum atomic E-state index is 5.20. The summed E-state index contributed by atoms with van der Waals surface area (Å²) in [6.45, 7) is 0.812. The highest BCUT2D eigenvalue weighted by Crippen LogP contribution is 2.37. The predicted molar refractivity (Wildman–Crippen MR) is 49.4 cm³/mol. The van der Waals surface area contributed by atoms with Crippen molar-refractivity contribution in [1.29, 1.82) is 0 Å². The Balaban J connectivity index is 2.39. The molecule has 1 aliphatic rings. The number of halogens is 1. The van der Waals surface area contributed by atoms with E-state index in [2.05, 4.69) is 15.9 Å². The van der Waals surface area contributed by atoms with E-state index in [4.69, 9.17) is 9.47 Å². The number of rotatable bonds is 2. The van der Waals surface area contributed by atoms with E-state index in [1.165, 1.54) is 0 Å². The van der Waals surface area contributed by atoms with Gasteiger partial charge in [-0.05, 0) is 18.2 Å². The zero-order valence-corrected chi connectivity index (χ0v) is 8.30. The Hall–Kier alpha value is -0.540. The molecule has 0 N–H and O–H groups in total. The smallest absolute Gasteiger partial charge is 0.124 e. The van der Waals surface area contributed by atoms with Gasteiger partial charge in [-0.3, -0.25) is 0 Å². The van der Waals surface area contributed by atoms with Gasteiger partial charge in [0.25, 0.3) is 0 Å². The SMILES string of the molecule is COc1ccc(Br)cc1[C@@H]1CO1. The fraction of sp³-hybridized carbons (Fsp3) is 0.333.